The molecule has 2 aromatic rings. The second-order valence-corrected chi connectivity index (χ2v) is 6.63. The number of nitrogens with one attached hydrogen (secondary N) is 1. The molecule has 0 bridgehead atoms. The molecular weight excluding hydrogens is 300 g/mol. The number of carbonyl (C=O) groups is 1. The summed E-state index contributed by atoms with van der Waals surface area (Å²) in [5, 5.41) is 14.5. The van der Waals surface area contributed by atoms with E-state index in [-0.39, 0.29) is 12.5 Å². The summed E-state index contributed by atoms with van der Waals surface area (Å²) >= 11 is 1.42. The quantitative estimate of drug-likeness (QED) is 0.782. The van der Waals surface area contributed by atoms with Crippen LogP contribution in [-0.4, -0.2) is 29.1 Å². The van der Waals surface area contributed by atoms with Gasteiger partial charge in [-0.15, -0.1) is 11.3 Å². The lowest BCUT2D eigenvalue weighted by Crippen LogP contribution is -2.30. The van der Waals surface area contributed by atoms with Crippen LogP contribution in [0.25, 0.3) is 10.6 Å². The van der Waals surface area contributed by atoms with Gasteiger partial charge in [-0.3, -0.25) is 4.79 Å². The molecule has 2 rings (SSSR count). The van der Waals surface area contributed by atoms with E-state index in [2.05, 4.69) is 24.1 Å². The number of thiazole rings is 1. The first-order valence-electron chi connectivity index (χ1n) is 7.47. The van der Waals surface area contributed by atoms with Crippen LogP contribution >= 0.6 is 11.3 Å². The standard InChI is InChI=1S/C16H22N2O3S/c1-11(2)7-12(3-5-19)8-17-15(20)14-10-22-16(18-14)13-4-6-21-9-13/h4,6,9-12,19H,3,5,7-8H2,1-2H3,(H,17,20). The second-order valence-electron chi connectivity index (χ2n) is 5.77. The lowest BCUT2D eigenvalue weighted by Gasteiger charge is -2.18. The molecule has 0 fully saturated rings. The first-order chi connectivity index (χ1) is 10.6. The van der Waals surface area contributed by atoms with Crippen LogP contribution in [0.5, 0.6) is 0 Å². The van der Waals surface area contributed by atoms with Crippen molar-refractivity contribution in [2.75, 3.05) is 13.2 Å². The highest BCUT2D eigenvalue weighted by Crippen LogP contribution is 2.24. The van der Waals surface area contributed by atoms with E-state index in [1.54, 1.807) is 17.9 Å². The number of hydrogen-bond acceptors (Lipinski definition) is 5. The summed E-state index contributed by atoms with van der Waals surface area (Å²) in [4.78, 5) is 16.5. The van der Waals surface area contributed by atoms with Crippen molar-refractivity contribution >= 4 is 17.2 Å². The third kappa shape index (κ3) is 4.68. The van der Waals surface area contributed by atoms with Crippen molar-refractivity contribution in [1.29, 1.82) is 0 Å². The zero-order valence-corrected chi connectivity index (χ0v) is 13.7. The van der Waals surface area contributed by atoms with Gasteiger partial charge >= 0.3 is 0 Å². The van der Waals surface area contributed by atoms with Crippen molar-refractivity contribution in [3.05, 3.63) is 29.7 Å². The molecule has 0 spiro atoms. The van der Waals surface area contributed by atoms with Crippen LogP contribution in [0.4, 0.5) is 0 Å². The van der Waals surface area contributed by atoms with Crippen LogP contribution in [-0.2, 0) is 0 Å². The molecule has 0 saturated carbocycles. The average Bonchev–Trinajstić information content (AvgIpc) is 3.14. The molecule has 0 aliphatic rings. The number of rotatable bonds is 8. The number of nitrogens with zero attached hydrogens (tertiary/aromatic N) is 1. The first-order valence-corrected chi connectivity index (χ1v) is 8.35. The van der Waals surface area contributed by atoms with Gasteiger partial charge in [-0.25, -0.2) is 4.98 Å². The Kier molecular flexibility index (Phi) is 6.15. The minimum atomic E-state index is -0.169. The SMILES string of the molecule is CC(C)CC(CCO)CNC(=O)c1csc(-c2ccoc2)n1. The molecule has 1 atom stereocenters. The zero-order chi connectivity index (χ0) is 15.9. The van der Waals surface area contributed by atoms with E-state index in [1.165, 1.54) is 11.3 Å². The maximum atomic E-state index is 12.2. The van der Waals surface area contributed by atoms with Crippen LogP contribution in [0.1, 0.15) is 37.2 Å². The van der Waals surface area contributed by atoms with Gasteiger partial charge in [0.25, 0.3) is 5.91 Å². The van der Waals surface area contributed by atoms with Gasteiger partial charge < -0.3 is 14.8 Å². The minimum Gasteiger partial charge on any atom is -0.472 e. The summed E-state index contributed by atoms with van der Waals surface area (Å²) in [6, 6.07) is 1.82. The maximum absolute atomic E-state index is 12.2. The molecule has 0 radical (unpaired) electrons. The number of hydrogen-bond donors (Lipinski definition) is 2. The molecule has 0 aromatic carbocycles. The predicted octanol–water partition coefficient (Wildman–Crippen LogP) is 3.18. The summed E-state index contributed by atoms with van der Waals surface area (Å²) in [6.45, 7) is 5.00. The van der Waals surface area contributed by atoms with Gasteiger partial charge in [0.15, 0.2) is 0 Å². The highest BCUT2D eigenvalue weighted by atomic mass is 32.1. The van der Waals surface area contributed by atoms with Crippen molar-refractivity contribution < 1.29 is 14.3 Å². The maximum Gasteiger partial charge on any atom is 0.270 e. The van der Waals surface area contributed by atoms with Crippen molar-refractivity contribution in [2.45, 2.75) is 26.7 Å². The fourth-order valence-electron chi connectivity index (χ4n) is 2.38. The fraction of sp³-hybridized carbons (Fsp3) is 0.500. The van der Waals surface area contributed by atoms with Crippen LogP contribution < -0.4 is 5.32 Å². The van der Waals surface area contributed by atoms with E-state index < -0.39 is 0 Å². The van der Waals surface area contributed by atoms with Gasteiger partial charge in [0.1, 0.15) is 17.0 Å². The van der Waals surface area contributed by atoms with Crippen molar-refractivity contribution in [3.63, 3.8) is 0 Å². The number of furan rings is 1. The Morgan fingerprint density at radius 1 is 1.50 bits per heavy atom. The third-order valence-corrected chi connectivity index (χ3v) is 4.29. The van der Waals surface area contributed by atoms with Gasteiger partial charge in [0, 0.05) is 24.1 Å². The molecule has 2 aromatic heterocycles. The summed E-state index contributed by atoms with van der Waals surface area (Å²) in [5.74, 6) is 0.666. The molecule has 5 nitrogen and oxygen atoms in total. The number of carbonyl (C=O) groups excluding carboxylic acids is 1. The average molecular weight is 322 g/mol. The molecule has 2 heterocycles. The fourth-order valence-corrected chi connectivity index (χ4v) is 3.16. The van der Waals surface area contributed by atoms with Crippen molar-refractivity contribution in [1.82, 2.24) is 10.3 Å². The van der Waals surface area contributed by atoms with E-state index in [0.29, 0.717) is 30.5 Å². The normalized spacial score (nSPS) is 12.5. The van der Waals surface area contributed by atoms with E-state index >= 15 is 0 Å². The van der Waals surface area contributed by atoms with Crippen LogP contribution in [0.15, 0.2) is 28.4 Å². The minimum absolute atomic E-state index is 0.147. The predicted molar refractivity (Wildman–Crippen MR) is 86.8 cm³/mol. The van der Waals surface area contributed by atoms with E-state index in [4.69, 9.17) is 9.52 Å². The molecule has 6 heteroatoms. The van der Waals surface area contributed by atoms with Crippen molar-refractivity contribution in [2.24, 2.45) is 11.8 Å². The summed E-state index contributed by atoms with van der Waals surface area (Å²) in [6.07, 6.45) is 4.89. The van der Waals surface area contributed by atoms with Gasteiger partial charge in [0.05, 0.1) is 6.26 Å². The van der Waals surface area contributed by atoms with Gasteiger partial charge in [-0.05, 0) is 30.7 Å². The van der Waals surface area contributed by atoms with Gasteiger partial charge in [0.2, 0.25) is 0 Å². The number of aliphatic hydroxyl groups is 1. The van der Waals surface area contributed by atoms with E-state index in [9.17, 15) is 4.79 Å². The topological polar surface area (TPSA) is 75.4 Å². The molecule has 22 heavy (non-hydrogen) atoms. The van der Waals surface area contributed by atoms with E-state index in [0.717, 1.165) is 17.0 Å². The summed E-state index contributed by atoms with van der Waals surface area (Å²) in [7, 11) is 0. The Balaban J connectivity index is 1.91. The Labute approximate surface area is 134 Å². The number of amides is 1. The van der Waals surface area contributed by atoms with Crippen LogP contribution in [0, 0.1) is 11.8 Å². The van der Waals surface area contributed by atoms with Crippen LogP contribution in [0.2, 0.25) is 0 Å². The molecule has 0 aliphatic carbocycles. The number of aliphatic hydroxyl groups excluding tert-OH is 1. The largest absolute Gasteiger partial charge is 0.472 e. The van der Waals surface area contributed by atoms with Gasteiger partial charge in [-0.2, -0.15) is 0 Å². The van der Waals surface area contributed by atoms with Gasteiger partial charge in [-0.1, -0.05) is 13.8 Å². The number of aromatic nitrogens is 1. The zero-order valence-electron chi connectivity index (χ0n) is 12.9. The summed E-state index contributed by atoms with van der Waals surface area (Å²) < 4.78 is 5.02. The molecule has 1 amide bonds. The van der Waals surface area contributed by atoms with E-state index in [1.807, 2.05) is 6.07 Å². The molecular formula is C16H22N2O3S. The molecule has 120 valence electrons. The molecule has 2 N–H and O–H groups in total. The highest BCUT2D eigenvalue weighted by Gasteiger charge is 2.15. The smallest absolute Gasteiger partial charge is 0.270 e. The second kappa shape index (κ2) is 8.10. The molecule has 0 saturated heterocycles. The third-order valence-electron chi connectivity index (χ3n) is 3.40. The Bertz CT molecular complexity index is 578. The lowest BCUT2D eigenvalue weighted by molar-refractivity contribution is 0.0937. The Morgan fingerprint density at radius 3 is 2.95 bits per heavy atom. The highest BCUT2D eigenvalue weighted by molar-refractivity contribution is 7.13. The summed E-state index contributed by atoms with van der Waals surface area (Å²) in [5.41, 5.74) is 1.30. The lowest BCUT2D eigenvalue weighted by atomic mass is 9.94. The Hall–Kier alpha value is -1.66. The Morgan fingerprint density at radius 2 is 2.32 bits per heavy atom. The molecule has 0 aliphatic heterocycles. The van der Waals surface area contributed by atoms with Crippen molar-refractivity contribution in [3.8, 4) is 10.6 Å². The van der Waals surface area contributed by atoms with Crippen LogP contribution in [0.3, 0.4) is 0 Å². The molecule has 1 unspecified atom stereocenters. The monoisotopic (exact) mass is 322 g/mol. The first kappa shape index (κ1) is 16.7.